The SMILES string of the molecule is COCCNC(=O)[C@H]1Sc2nnc(C)n2N[C@@H]1c1ccc(OC)c(Cl)c1. The van der Waals surface area contributed by atoms with Gasteiger partial charge in [0.2, 0.25) is 11.1 Å². The van der Waals surface area contributed by atoms with E-state index in [9.17, 15) is 4.79 Å². The van der Waals surface area contributed by atoms with Crippen LogP contribution in [0.1, 0.15) is 17.4 Å². The molecule has 0 aliphatic carbocycles. The van der Waals surface area contributed by atoms with Crippen LogP contribution in [-0.2, 0) is 9.53 Å². The van der Waals surface area contributed by atoms with Crippen molar-refractivity contribution in [3.8, 4) is 5.75 Å². The normalized spacial score (nSPS) is 18.8. The Morgan fingerprint density at radius 2 is 2.23 bits per heavy atom. The van der Waals surface area contributed by atoms with Crippen LogP contribution < -0.4 is 15.5 Å². The van der Waals surface area contributed by atoms with Crippen LogP contribution in [0.5, 0.6) is 5.75 Å². The van der Waals surface area contributed by atoms with Gasteiger partial charge in [0.05, 0.1) is 24.8 Å². The number of carbonyl (C=O) groups is 1. The summed E-state index contributed by atoms with van der Waals surface area (Å²) in [7, 11) is 3.16. The summed E-state index contributed by atoms with van der Waals surface area (Å²) in [6.07, 6.45) is 0. The number of nitrogens with zero attached hydrogens (tertiary/aromatic N) is 3. The first kappa shape index (κ1) is 18.8. The number of rotatable bonds is 6. The second-order valence-electron chi connectivity index (χ2n) is 5.69. The number of hydrogen-bond acceptors (Lipinski definition) is 7. The maximum Gasteiger partial charge on any atom is 0.236 e. The molecule has 2 heterocycles. The summed E-state index contributed by atoms with van der Waals surface area (Å²) in [5.74, 6) is 1.19. The van der Waals surface area contributed by atoms with Crippen LogP contribution >= 0.6 is 23.4 Å². The third kappa shape index (κ3) is 3.74. The second kappa shape index (κ2) is 8.15. The lowest BCUT2D eigenvalue weighted by Gasteiger charge is -2.32. The summed E-state index contributed by atoms with van der Waals surface area (Å²) in [6.45, 7) is 2.74. The molecule has 0 saturated carbocycles. The minimum Gasteiger partial charge on any atom is -0.495 e. The smallest absolute Gasteiger partial charge is 0.236 e. The molecule has 0 saturated heterocycles. The van der Waals surface area contributed by atoms with E-state index in [1.165, 1.54) is 11.8 Å². The van der Waals surface area contributed by atoms with Gasteiger partial charge in [0.1, 0.15) is 16.8 Å². The number of nitrogens with one attached hydrogen (secondary N) is 2. The van der Waals surface area contributed by atoms with Crippen molar-refractivity contribution in [1.82, 2.24) is 20.2 Å². The molecule has 1 aromatic carbocycles. The molecule has 1 amide bonds. The largest absolute Gasteiger partial charge is 0.495 e. The topological polar surface area (TPSA) is 90.3 Å². The Hall–Kier alpha value is -1.97. The Balaban J connectivity index is 1.91. The number of aromatic nitrogens is 3. The van der Waals surface area contributed by atoms with E-state index in [1.54, 1.807) is 31.0 Å². The van der Waals surface area contributed by atoms with Crippen LogP contribution in [0.2, 0.25) is 5.02 Å². The van der Waals surface area contributed by atoms with E-state index in [2.05, 4.69) is 20.9 Å². The van der Waals surface area contributed by atoms with Gasteiger partial charge in [0.25, 0.3) is 0 Å². The first-order valence-electron chi connectivity index (χ1n) is 8.00. The molecule has 26 heavy (non-hydrogen) atoms. The lowest BCUT2D eigenvalue weighted by Crippen LogP contribution is -2.44. The number of ether oxygens (including phenoxy) is 2. The molecule has 8 nitrogen and oxygen atoms in total. The van der Waals surface area contributed by atoms with Crippen LogP contribution in [0.4, 0.5) is 0 Å². The number of fused-ring (bicyclic) bond motifs is 1. The van der Waals surface area contributed by atoms with Crippen molar-refractivity contribution < 1.29 is 14.3 Å². The minimum absolute atomic E-state index is 0.108. The standard InChI is InChI=1S/C16H20ClN5O3S/c1-9-19-20-16-22(9)21-13(10-4-5-12(25-3)11(17)8-10)14(26-16)15(23)18-6-7-24-2/h4-5,8,13-14,21H,6-7H2,1-3H3,(H,18,23)/t13-,14+/m1/s1. The van der Waals surface area contributed by atoms with Crippen molar-refractivity contribution in [2.45, 2.75) is 23.4 Å². The number of benzene rings is 1. The maximum absolute atomic E-state index is 12.7. The van der Waals surface area contributed by atoms with Crippen LogP contribution in [0.25, 0.3) is 0 Å². The molecule has 140 valence electrons. The highest BCUT2D eigenvalue weighted by Gasteiger charge is 2.37. The van der Waals surface area contributed by atoms with Crippen LogP contribution in [0.15, 0.2) is 23.4 Å². The number of aryl methyl sites for hydroxylation is 1. The van der Waals surface area contributed by atoms with Gasteiger partial charge in [0.15, 0.2) is 0 Å². The lowest BCUT2D eigenvalue weighted by atomic mass is 10.0. The molecule has 0 bridgehead atoms. The summed E-state index contributed by atoms with van der Waals surface area (Å²) in [6, 6.07) is 5.17. The average Bonchev–Trinajstić information content (AvgIpc) is 3.01. The van der Waals surface area contributed by atoms with E-state index >= 15 is 0 Å². The van der Waals surface area contributed by atoms with Gasteiger partial charge in [-0.3, -0.25) is 4.79 Å². The highest BCUT2D eigenvalue weighted by atomic mass is 35.5. The van der Waals surface area contributed by atoms with Crippen LogP contribution in [0, 0.1) is 6.92 Å². The number of amides is 1. The fraction of sp³-hybridized carbons (Fsp3) is 0.438. The van der Waals surface area contributed by atoms with Crippen molar-refractivity contribution >= 4 is 29.3 Å². The highest BCUT2D eigenvalue weighted by Crippen LogP contribution is 2.38. The molecule has 1 aliphatic heterocycles. The predicted octanol–water partition coefficient (Wildman–Crippen LogP) is 1.77. The summed E-state index contributed by atoms with van der Waals surface area (Å²) < 4.78 is 12.0. The van der Waals surface area contributed by atoms with Crippen LogP contribution in [0.3, 0.4) is 0 Å². The van der Waals surface area contributed by atoms with Gasteiger partial charge < -0.3 is 20.2 Å². The molecule has 1 aliphatic rings. The molecule has 0 spiro atoms. The molecule has 0 unspecified atom stereocenters. The summed E-state index contributed by atoms with van der Waals surface area (Å²) in [5.41, 5.74) is 4.20. The second-order valence-corrected chi connectivity index (χ2v) is 7.20. The van der Waals surface area contributed by atoms with E-state index in [4.69, 9.17) is 21.1 Å². The fourth-order valence-electron chi connectivity index (χ4n) is 2.66. The molecule has 2 N–H and O–H groups in total. The predicted molar refractivity (Wildman–Crippen MR) is 99.4 cm³/mol. The molecule has 2 aromatic rings. The summed E-state index contributed by atoms with van der Waals surface area (Å²) in [4.78, 5) is 12.7. The van der Waals surface area contributed by atoms with Crippen molar-refractivity contribution in [2.75, 3.05) is 32.8 Å². The van der Waals surface area contributed by atoms with Crippen molar-refractivity contribution in [3.63, 3.8) is 0 Å². The Kier molecular flexibility index (Phi) is 5.90. The lowest BCUT2D eigenvalue weighted by molar-refractivity contribution is -0.121. The first-order valence-corrected chi connectivity index (χ1v) is 9.26. The van der Waals surface area contributed by atoms with Crippen molar-refractivity contribution in [3.05, 3.63) is 34.6 Å². The molecule has 0 fully saturated rings. The molecular formula is C16H20ClN5O3S. The quantitative estimate of drug-likeness (QED) is 0.718. The maximum atomic E-state index is 12.7. The van der Waals surface area contributed by atoms with Gasteiger partial charge in [-0.05, 0) is 24.6 Å². The van der Waals surface area contributed by atoms with Gasteiger partial charge in [0, 0.05) is 13.7 Å². The Bertz CT molecular complexity index is 800. The van der Waals surface area contributed by atoms with Gasteiger partial charge >= 0.3 is 0 Å². The number of methoxy groups -OCH3 is 2. The fourth-order valence-corrected chi connectivity index (χ4v) is 4.08. The van der Waals surface area contributed by atoms with Gasteiger partial charge in [-0.1, -0.05) is 29.4 Å². The number of halogens is 1. The van der Waals surface area contributed by atoms with Crippen LogP contribution in [-0.4, -0.2) is 53.4 Å². The highest BCUT2D eigenvalue weighted by molar-refractivity contribution is 8.00. The van der Waals surface area contributed by atoms with Crippen molar-refractivity contribution in [2.24, 2.45) is 0 Å². The van der Waals surface area contributed by atoms with E-state index < -0.39 is 5.25 Å². The van der Waals surface area contributed by atoms with Crippen molar-refractivity contribution in [1.29, 1.82) is 0 Å². The Labute approximate surface area is 160 Å². The van der Waals surface area contributed by atoms with Gasteiger partial charge in [-0.2, -0.15) is 0 Å². The monoisotopic (exact) mass is 397 g/mol. The molecule has 3 rings (SSSR count). The minimum atomic E-state index is -0.438. The summed E-state index contributed by atoms with van der Waals surface area (Å²) in [5, 5.41) is 11.8. The number of carbonyl (C=O) groups excluding carboxylic acids is 1. The van der Waals surface area contributed by atoms with E-state index in [-0.39, 0.29) is 11.9 Å². The third-order valence-electron chi connectivity index (χ3n) is 4.00. The molecular weight excluding hydrogens is 378 g/mol. The van der Waals surface area contributed by atoms with E-state index in [0.717, 1.165) is 11.4 Å². The molecule has 0 radical (unpaired) electrons. The molecule has 10 heteroatoms. The van der Waals surface area contributed by atoms with Gasteiger partial charge in [-0.15, -0.1) is 10.2 Å². The zero-order valence-corrected chi connectivity index (χ0v) is 16.2. The van der Waals surface area contributed by atoms with E-state index in [0.29, 0.717) is 29.1 Å². The third-order valence-corrected chi connectivity index (χ3v) is 5.51. The molecule has 1 aromatic heterocycles. The number of hydrogen-bond donors (Lipinski definition) is 2. The Morgan fingerprint density at radius 1 is 1.42 bits per heavy atom. The zero-order valence-electron chi connectivity index (χ0n) is 14.7. The van der Waals surface area contributed by atoms with E-state index in [1.807, 2.05) is 13.0 Å². The summed E-state index contributed by atoms with van der Waals surface area (Å²) >= 11 is 7.64. The Morgan fingerprint density at radius 3 is 2.92 bits per heavy atom. The van der Waals surface area contributed by atoms with Gasteiger partial charge in [-0.25, -0.2) is 4.68 Å². The average molecular weight is 398 g/mol. The first-order chi connectivity index (χ1) is 12.5. The zero-order chi connectivity index (χ0) is 18.7. The number of thioether (sulfide) groups is 1. The molecule has 2 atom stereocenters.